The van der Waals surface area contributed by atoms with E-state index in [1.54, 1.807) is 47.9 Å². The van der Waals surface area contributed by atoms with E-state index in [0.29, 0.717) is 48.7 Å². The molecule has 1 aliphatic rings. The Morgan fingerprint density at radius 3 is 1.09 bits per heavy atom. The van der Waals surface area contributed by atoms with E-state index in [4.69, 9.17) is 28.4 Å². The van der Waals surface area contributed by atoms with Gasteiger partial charge in [0.25, 0.3) is 0 Å². The Bertz CT molecular complexity index is 1980. The highest BCUT2D eigenvalue weighted by Gasteiger charge is 2.65. The lowest BCUT2D eigenvalue weighted by atomic mass is 9.55. The summed E-state index contributed by atoms with van der Waals surface area (Å²) in [6.45, 7) is 6.61. The number of rotatable bonds is 24. The van der Waals surface area contributed by atoms with Crippen molar-refractivity contribution in [1.82, 2.24) is 9.80 Å². The molecule has 0 radical (unpaired) electrons. The number of hydrogen-bond acceptors (Lipinski definition) is 12. The first kappa shape index (κ1) is 48.3. The van der Waals surface area contributed by atoms with Gasteiger partial charge in [-0.3, -0.25) is 28.8 Å². The Morgan fingerprint density at radius 1 is 0.422 bits per heavy atom. The summed E-state index contributed by atoms with van der Waals surface area (Å²) >= 11 is 0. The summed E-state index contributed by atoms with van der Waals surface area (Å²) in [4.78, 5) is 85.6. The van der Waals surface area contributed by atoms with Crippen LogP contribution in [-0.2, 0) is 60.8 Å². The van der Waals surface area contributed by atoms with Crippen LogP contribution in [0.2, 0.25) is 0 Å². The molecule has 0 saturated heterocycles. The molecule has 5 rings (SSSR count). The van der Waals surface area contributed by atoms with Gasteiger partial charge in [-0.1, -0.05) is 88.4 Å². The second-order valence-electron chi connectivity index (χ2n) is 15.4. The molecule has 0 N–H and O–H groups in total. The Kier molecular flexibility index (Phi) is 18.7. The molecule has 14 heteroatoms. The highest BCUT2D eigenvalue weighted by molar-refractivity contribution is 6.00. The van der Waals surface area contributed by atoms with Gasteiger partial charge in [-0.2, -0.15) is 0 Å². The third kappa shape index (κ3) is 13.6. The summed E-state index contributed by atoms with van der Waals surface area (Å²) in [6, 6.07) is 33.1. The lowest BCUT2D eigenvalue weighted by Crippen LogP contribution is -2.64. The van der Waals surface area contributed by atoms with Gasteiger partial charge in [-0.05, 0) is 85.3 Å². The van der Waals surface area contributed by atoms with Crippen molar-refractivity contribution in [3.63, 3.8) is 0 Å². The van der Waals surface area contributed by atoms with Crippen molar-refractivity contribution >= 4 is 35.7 Å². The van der Waals surface area contributed by atoms with Crippen molar-refractivity contribution in [2.75, 3.05) is 26.7 Å². The first-order valence-electron chi connectivity index (χ1n) is 21.9. The summed E-state index contributed by atoms with van der Waals surface area (Å²) in [5.41, 5.74) is 1.51. The highest BCUT2D eigenvalue weighted by Crippen LogP contribution is 2.50. The van der Waals surface area contributed by atoms with Gasteiger partial charge in [0, 0.05) is 39.0 Å². The largest absolute Gasteiger partial charge is 0.457 e. The van der Waals surface area contributed by atoms with Gasteiger partial charge < -0.3 is 38.2 Å². The molecule has 0 aliphatic heterocycles. The normalized spacial score (nSPS) is 16.3. The fraction of sp³-hybridized carbons (Fsp3) is 0.400. The van der Waals surface area contributed by atoms with Crippen molar-refractivity contribution in [1.29, 1.82) is 0 Å². The zero-order valence-electron chi connectivity index (χ0n) is 37.0. The van der Waals surface area contributed by atoms with E-state index in [2.05, 4.69) is 0 Å². The van der Waals surface area contributed by atoms with Gasteiger partial charge in [-0.15, -0.1) is 0 Å². The number of esters is 4. The zero-order chi connectivity index (χ0) is 45.8. The molecule has 1 saturated carbocycles. The predicted molar refractivity (Wildman–Crippen MR) is 235 cm³/mol. The van der Waals surface area contributed by atoms with E-state index in [-0.39, 0.29) is 39.0 Å². The molecule has 0 spiro atoms. The molecule has 1 fully saturated rings. The summed E-state index contributed by atoms with van der Waals surface area (Å²) in [6.07, 6.45) is 2.26. The number of para-hydroxylation sites is 2. The van der Waals surface area contributed by atoms with Crippen molar-refractivity contribution in [2.45, 2.75) is 79.3 Å². The molecule has 4 aromatic carbocycles. The van der Waals surface area contributed by atoms with Crippen LogP contribution in [-0.4, -0.2) is 72.2 Å². The van der Waals surface area contributed by atoms with Crippen molar-refractivity contribution in [3.05, 3.63) is 120 Å². The van der Waals surface area contributed by atoms with E-state index in [9.17, 15) is 28.8 Å². The number of ether oxygens (including phenoxy) is 6. The molecular formula is C50H58N2O12. The summed E-state index contributed by atoms with van der Waals surface area (Å²) in [5.74, 6) is -7.61. The average molecular weight is 879 g/mol. The average Bonchev–Trinajstić information content (AvgIpc) is 3.28. The fourth-order valence-electron chi connectivity index (χ4n) is 7.51. The fourth-order valence-corrected chi connectivity index (χ4v) is 7.51. The van der Waals surface area contributed by atoms with Gasteiger partial charge in [0.15, 0.2) is 0 Å². The molecule has 2 amide bonds. The van der Waals surface area contributed by atoms with Gasteiger partial charge in [0.05, 0.1) is 23.7 Å². The Morgan fingerprint density at radius 2 is 0.766 bits per heavy atom. The predicted octanol–water partition coefficient (Wildman–Crippen LogP) is 8.62. The maximum Gasteiger partial charge on any atom is 0.313 e. The molecule has 4 aromatic rings. The smallest absolute Gasteiger partial charge is 0.313 e. The van der Waals surface area contributed by atoms with Crippen LogP contribution < -0.4 is 9.47 Å². The van der Waals surface area contributed by atoms with Gasteiger partial charge in [0.2, 0.25) is 25.4 Å². The van der Waals surface area contributed by atoms with Crippen LogP contribution in [0.3, 0.4) is 0 Å². The summed E-state index contributed by atoms with van der Waals surface area (Å²) < 4.78 is 32.9. The standard InChI is InChI=1S/C50H58N2O12/c1-5-15-41(53)59-33-61-49(57)45-43(47(55)51(29-7-3)31-35-21-25-39(26-22-35)63-37-17-11-9-12-18-37)44(46(45)50(58)62-34-60-42(54)16-6-2)48(56)52(30-8-4)32-36-23-27-40(28-24-36)64-38-19-13-10-14-20-38/h9-14,17-28,43-46H,5-8,15-16,29-34H2,1-4H3. The van der Waals surface area contributed by atoms with Crippen LogP contribution in [0.15, 0.2) is 109 Å². The first-order valence-corrected chi connectivity index (χ1v) is 21.9. The summed E-state index contributed by atoms with van der Waals surface area (Å²) in [7, 11) is 0. The lowest BCUT2D eigenvalue weighted by Gasteiger charge is -2.49. The molecule has 0 aromatic heterocycles. The number of amides is 2. The van der Waals surface area contributed by atoms with Crippen LogP contribution in [0, 0.1) is 23.7 Å². The highest BCUT2D eigenvalue weighted by atomic mass is 16.7. The Hall–Kier alpha value is -6.70. The van der Waals surface area contributed by atoms with Crippen LogP contribution in [0.1, 0.15) is 77.3 Å². The number of hydrogen-bond donors (Lipinski definition) is 0. The molecule has 4 atom stereocenters. The second kappa shape index (κ2) is 24.8. The minimum Gasteiger partial charge on any atom is -0.457 e. The van der Waals surface area contributed by atoms with Crippen LogP contribution in [0.4, 0.5) is 0 Å². The SMILES string of the molecule is CCCC(=O)OCOC(=O)C1C(C(=O)OCOC(=O)CCC)C(C(=O)N(CCC)Cc2ccc(Oc3ccccc3)cc2)C1C(=O)N(CCC)Cc1ccc(Oc2ccccc2)cc1. The topological polar surface area (TPSA) is 164 Å². The van der Waals surface area contributed by atoms with Gasteiger partial charge >= 0.3 is 23.9 Å². The molecule has 4 unspecified atom stereocenters. The van der Waals surface area contributed by atoms with Crippen LogP contribution >= 0.6 is 0 Å². The lowest BCUT2D eigenvalue weighted by molar-refractivity contribution is -0.202. The maximum atomic E-state index is 15.0. The van der Waals surface area contributed by atoms with Crippen molar-refractivity contribution in [3.8, 4) is 23.0 Å². The van der Waals surface area contributed by atoms with Crippen molar-refractivity contribution in [2.24, 2.45) is 23.7 Å². The molecule has 0 heterocycles. The van der Waals surface area contributed by atoms with Crippen molar-refractivity contribution < 1.29 is 57.2 Å². The van der Waals surface area contributed by atoms with Crippen LogP contribution in [0.5, 0.6) is 23.0 Å². The molecule has 64 heavy (non-hydrogen) atoms. The van der Waals surface area contributed by atoms with Gasteiger partial charge in [0.1, 0.15) is 23.0 Å². The van der Waals surface area contributed by atoms with Gasteiger partial charge in [-0.25, -0.2) is 0 Å². The maximum absolute atomic E-state index is 15.0. The van der Waals surface area contributed by atoms with E-state index in [1.165, 1.54) is 0 Å². The molecule has 0 bridgehead atoms. The Labute approximate surface area is 374 Å². The van der Waals surface area contributed by atoms with E-state index < -0.39 is 72.9 Å². The monoisotopic (exact) mass is 878 g/mol. The molecule has 14 nitrogen and oxygen atoms in total. The third-order valence-electron chi connectivity index (χ3n) is 10.6. The zero-order valence-corrected chi connectivity index (χ0v) is 37.0. The number of nitrogens with zero attached hydrogens (tertiary/aromatic N) is 2. The summed E-state index contributed by atoms with van der Waals surface area (Å²) in [5, 5.41) is 0. The van der Waals surface area contributed by atoms with E-state index >= 15 is 0 Å². The number of benzene rings is 4. The number of carbonyl (C=O) groups excluding carboxylic acids is 6. The third-order valence-corrected chi connectivity index (χ3v) is 10.6. The molecule has 340 valence electrons. The van der Waals surface area contributed by atoms with E-state index in [1.807, 2.05) is 98.8 Å². The van der Waals surface area contributed by atoms with E-state index in [0.717, 1.165) is 11.1 Å². The minimum absolute atomic E-state index is 0.0890. The Balaban J connectivity index is 1.46. The molecule has 1 aliphatic carbocycles. The van der Waals surface area contributed by atoms with Crippen LogP contribution in [0.25, 0.3) is 0 Å². The second-order valence-corrected chi connectivity index (χ2v) is 15.4. The first-order chi connectivity index (χ1) is 31.1. The number of carbonyl (C=O) groups is 6. The quantitative estimate of drug-likeness (QED) is 0.0487. The molecular weight excluding hydrogens is 821 g/mol. The minimum atomic E-state index is -1.51.